The van der Waals surface area contributed by atoms with Crippen molar-refractivity contribution in [2.24, 2.45) is 0 Å². The van der Waals surface area contributed by atoms with Crippen molar-refractivity contribution < 1.29 is 4.74 Å². The number of nitrogen functional groups attached to an aromatic ring is 1. The van der Waals surface area contributed by atoms with Gasteiger partial charge in [0.05, 0.1) is 6.61 Å². The fourth-order valence-electron chi connectivity index (χ4n) is 0.637. The summed E-state index contributed by atoms with van der Waals surface area (Å²) < 4.78 is 4.89. The Bertz CT molecular complexity index is 227. The van der Waals surface area contributed by atoms with Crippen molar-refractivity contribution >= 4 is 17.6 Å². The second-order valence-electron chi connectivity index (χ2n) is 2.14. The number of hydrogen-bond acceptors (Lipinski definition) is 5. The van der Waals surface area contributed by atoms with Crippen molar-refractivity contribution in [3.8, 4) is 0 Å². The number of ether oxygens (including phenoxy) is 1. The molecule has 1 heterocycles. The average molecular weight is 185 g/mol. The molecular formula is C7H11N3OS. The number of aromatic nitrogens is 2. The zero-order valence-corrected chi connectivity index (χ0v) is 7.67. The van der Waals surface area contributed by atoms with Crippen molar-refractivity contribution in [1.82, 2.24) is 10.2 Å². The summed E-state index contributed by atoms with van der Waals surface area (Å²) in [6.07, 6.45) is 0. The van der Waals surface area contributed by atoms with E-state index in [2.05, 4.69) is 10.2 Å². The number of nitrogens with two attached hydrogens (primary N) is 1. The second kappa shape index (κ2) is 4.95. The zero-order chi connectivity index (χ0) is 8.81. The summed E-state index contributed by atoms with van der Waals surface area (Å²) in [5.74, 6) is 1.33. The lowest BCUT2D eigenvalue weighted by Gasteiger charge is -1.98. The van der Waals surface area contributed by atoms with E-state index >= 15 is 0 Å². The Morgan fingerprint density at radius 3 is 2.92 bits per heavy atom. The third-order valence-corrected chi connectivity index (χ3v) is 2.08. The van der Waals surface area contributed by atoms with Gasteiger partial charge in [0.15, 0.2) is 0 Å². The highest BCUT2D eigenvalue weighted by Crippen LogP contribution is 2.13. The van der Waals surface area contributed by atoms with Crippen LogP contribution in [0.1, 0.15) is 0 Å². The van der Waals surface area contributed by atoms with Crippen LogP contribution in [-0.4, -0.2) is 29.7 Å². The lowest BCUT2D eigenvalue weighted by molar-refractivity contribution is 0.218. The van der Waals surface area contributed by atoms with Gasteiger partial charge in [-0.1, -0.05) is 0 Å². The van der Waals surface area contributed by atoms with E-state index in [-0.39, 0.29) is 0 Å². The zero-order valence-electron chi connectivity index (χ0n) is 6.86. The Balaban J connectivity index is 2.37. The first-order valence-electron chi connectivity index (χ1n) is 3.54. The number of nitrogens with zero attached hydrogens (tertiary/aromatic N) is 2. The van der Waals surface area contributed by atoms with Crippen LogP contribution in [0.2, 0.25) is 0 Å². The van der Waals surface area contributed by atoms with Crippen molar-refractivity contribution in [2.75, 3.05) is 25.2 Å². The van der Waals surface area contributed by atoms with Crippen LogP contribution in [0.15, 0.2) is 17.2 Å². The molecule has 0 aliphatic carbocycles. The van der Waals surface area contributed by atoms with Crippen LogP contribution in [-0.2, 0) is 4.74 Å². The van der Waals surface area contributed by atoms with E-state index in [9.17, 15) is 0 Å². The minimum Gasteiger partial charge on any atom is -0.384 e. The second-order valence-corrected chi connectivity index (χ2v) is 3.25. The molecule has 12 heavy (non-hydrogen) atoms. The smallest absolute Gasteiger partial charge is 0.146 e. The highest BCUT2D eigenvalue weighted by atomic mass is 32.2. The molecule has 2 N–H and O–H groups in total. The molecule has 0 aliphatic rings. The van der Waals surface area contributed by atoms with E-state index in [0.29, 0.717) is 5.82 Å². The Morgan fingerprint density at radius 2 is 2.33 bits per heavy atom. The molecule has 0 aromatic carbocycles. The third kappa shape index (κ3) is 3.06. The van der Waals surface area contributed by atoms with Gasteiger partial charge in [-0.15, -0.1) is 22.0 Å². The monoisotopic (exact) mass is 185 g/mol. The van der Waals surface area contributed by atoms with Crippen LogP contribution in [0.4, 0.5) is 5.82 Å². The standard InChI is InChI=1S/C7H11N3OS/c1-11-4-5-12-7-3-2-6(8)9-10-7/h2-3H,4-5H2,1H3,(H2,8,9). The molecule has 4 nitrogen and oxygen atoms in total. The molecule has 0 unspecified atom stereocenters. The van der Waals surface area contributed by atoms with Crippen LogP contribution >= 0.6 is 11.8 Å². The molecule has 0 spiro atoms. The first-order chi connectivity index (χ1) is 5.83. The van der Waals surface area contributed by atoms with Gasteiger partial charge in [-0.25, -0.2) is 0 Å². The predicted molar refractivity (Wildman–Crippen MR) is 49.0 cm³/mol. The molecule has 5 heteroatoms. The minimum atomic E-state index is 0.450. The summed E-state index contributed by atoms with van der Waals surface area (Å²) in [7, 11) is 1.68. The summed E-state index contributed by atoms with van der Waals surface area (Å²) in [5, 5.41) is 8.48. The molecule has 66 valence electrons. The first kappa shape index (κ1) is 9.28. The van der Waals surface area contributed by atoms with Crippen LogP contribution in [0.25, 0.3) is 0 Å². The highest BCUT2D eigenvalue weighted by Gasteiger charge is 1.95. The number of anilines is 1. The molecule has 0 bridgehead atoms. The van der Waals surface area contributed by atoms with Crippen molar-refractivity contribution in [3.63, 3.8) is 0 Å². The molecule has 0 aliphatic heterocycles. The van der Waals surface area contributed by atoms with Gasteiger partial charge in [0.2, 0.25) is 0 Å². The van der Waals surface area contributed by atoms with Gasteiger partial charge in [0.25, 0.3) is 0 Å². The number of methoxy groups -OCH3 is 1. The molecule has 0 atom stereocenters. The van der Waals surface area contributed by atoms with E-state index in [0.717, 1.165) is 17.4 Å². The minimum absolute atomic E-state index is 0.450. The van der Waals surface area contributed by atoms with Gasteiger partial charge >= 0.3 is 0 Å². The fraction of sp³-hybridized carbons (Fsp3) is 0.429. The SMILES string of the molecule is COCCSc1ccc(N)nn1. The lowest BCUT2D eigenvalue weighted by Crippen LogP contribution is -1.95. The maximum atomic E-state index is 5.37. The van der Waals surface area contributed by atoms with E-state index in [4.69, 9.17) is 10.5 Å². The summed E-state index contributed by atoms with van der Waals surface area (Å²) in [5.41, 5.74) is 5.37. The Hall–Kier alpha value is -0.810. The third-order valence-electron chi connectivity index (χ3n) is 1.20. The Morgan fingerprint density at radius 1 is 1.50 bits per heavy atom. The van der Waals surface area contributed by atoms with Crippen LogP contribution in [0, 0.1) is 0 Å². The molecule has 1 aromatic heterocycles. The molecule has 0 saturated heterocycles. The molecule has 1 rings (SSSR count). The summed E-state index contributed by atoms with van der Waals surface area (Å²) in [4.78, 5) is 0. The van der Waals surface area contributed by atoms with Crippen molar-refractivity contribution in [2.45, 2.75) is 5.03 Å². The fourth-order valence-corrected chi connectivity index (χ4v) is 1.36. The lowest BCUT2D eigenvalue weighted by atomic mass is 10.5. The van der Waals surface area contributed by atoms with Gasteiger partial charge in [0, 0.05) is 12.9 Å². The molecule has 1 aromatic rings. The van der Waals surface area contributed by atoms with Gasteiger partial charge in [-0.2, -0.15) is 0 Å². The van der Waals surface area contributed by atoms with Crippen molar-refractivity contribution in [1.29, 1.82) is 0 Å². The number of rotatable bonds is 4. The quantitative estimate of drug-likeness (QED) is 0.555. The van der Waals surface area contributed by atoms with E-state index in [1.54, 1.807) is 24.9 Å². The summed E-state index contributed by atoms with van der Waals surface area (Å²) in [6.45, 7) is 0.719. The van der Waals surface area contributed by atoms with E-state index < -0.39 is 0 Å². The van der Waals surface area contributed by atoms with Gasteiger partial charge in [0.1, 0.15) is 10.8 Å². The molecular weight excluding hydrogens is 174 g/mol. The number of thioether (sulfide) groups is 1. The Kier molecular flexibility index (Phi) is 3.83. The van der Waals surface area contributed by atoms with Crippen molar-refractivity contribution in [3.05, 3.63) is 12.1 Å². The topological polar surface area (TPSA) is 61.0 Å². The van der Waals surface area contributed by atoms with Crippen LogP contribution in [0.3, 0.4) is 0 Å². The molecule has 0 radical (unpaired) electrons. The average Bonchev–Trinajstić information content (AvgIpc) is 2.09. The van der Waals surface area contributed by atoms with Gasteiger partial charge in [-0.3, -0.25) is 0 Å². The normalized spacial score (nSPS) is 10.1. The highest BCUT2D eigenvalue weighted by molar-refractivity contribution is 7.99. The maximum Gasteiger partial charge on any atom is 0.146 e. The van der Waals surface area contributed by atoms with Gasteiger partial charge < -0.3 is 10.5 Å². The van der Waals surface area contributed by atoms with E-state index in [1.807, 2.05) is 6.07 Å². The molecule has 0 amide bonds. The van der Waals surface area contributed by atoms with Crippen LogP contribution < -0.4 is 5.73 Å². The molecule has 0 saturated carbocycles. The van der Waals surface area contributed by atoms with Gasteiger partial charge in [-0.05, 0) is 12.1 Å². The largest absolute Gasteiger partial charge is 0.384 e. The Labute approximate surface area is 75.5 Å². The van der Waals surface area contributed by atoms with E-state index in [1.165, 1.54) is 0 Å². The summed E-state index contributed by atoms with van der Waals surface area (Å²) in [6, 6.07) is 3.59. The maximum absolute atomic E-state index is 5.37. The van der Waals surface area contributed by atoms with Crippen LogP contribution in [0.5, 0.6) is 0 Å². The molecule has 0 fully saturated rings. The number of hydrogen-bond donors (Lipinski definition) is 1. The summed E-state index contributed by atoms with van der Waals surface area (Å²) >= 11 is 1.60. The predicted octanol–water partition coefficient (Wildman–Crippen LogP) is 0.797. The first-order valence-corrected chi connectivity index (χ1v) is 4.52.